The van der Waals surface area contributed by atoms with E-state index < -0.39 is 11.7 Å². The predicted octanol–water partition coefficient (Wildman–Crippen LogP) is 4.12. The minimum absolute atomic E-state index is 0.105. The number of halogens is 3. The molecular formula is C19H20F3N5. The van der Waals surface area contributed by atoms with E-state index in [9.17, 15) is 13.2 Å². The number of piperidine rings is 1. The number of hydrogen-bond donors (Lipinski definition) is 3. The second-order valence-corrected chi connectivity index (χ2v) is 6.84. The van der Waals surface area contributed by atoms with Gasteiger partial charge < -0.3 is 15.6 Å². The first kappa shape index (κ1) is 17.8. The van der Waals surface area contributed by atoms with Crippen molar-refractivity contribution in [2.24, 2.45) is 0 Å². The van der Waals surface area contributed by atoms with Gasteiger partial charge in [-0.2, -0.15) is 13.2 Å². The Morgan fingerprint density at radius 2 is 2.11 bits per heavy atom. The van der Waals surface area contributed by atoms with E-state index in [-0.39, 0.29) is 17.7 Å². The van der Waals surface area contributed by atoms with Crippen molar-refractivity contribution in [3.63, 3.8) is 0 Å². The Morgan fingerprint density at radius 1 is 1.26 bits per heavy atom. The number of fused-ring (bicyclic) bond motifs is 1. The van der Waals surface area contributed by atoms with Gasteiger partial charge in [0, 0.05) is 41.4 Å². The molecule has 0 unspecified atom stereocenters. The average molecular weight is 375 g/mol. The summed E-state index contributed by atoms with van der Waals surface area (Å²) < 4.78 is 40.8. The Hall–Kier alpha value is -2.61. The van der Waals surface area contributed by atoms with E-state index in [1.54, 1.807) is 12.3 Å². The van der Waals surface area contributed by atoms with E-state index >= 15 is 0 Å². The third-order valence-electron chi connectivity index (χ3n) is 4.90. The van der Waals surface area contributed by atoms with Crippen molar-refractivity contribution in [1.29, 1.82) is 0 Å². The highest BCUT2D eigenvalue weighted by Gasteiger charge is 2.36. The Balaban J connectivity index is 1.80. The summed E-state index contributed by atoms with van der Waals surface area (Å²) in [5, 5.41) is 7.13. The van der Waals surface area contributed by atoms with Gasteiger partial charge in [-0.15, -0.1) is 0 Å². The summed E-state index contributed by atoms with van der Waals surface area (Å²) in [6.45, 7) is 3.61. The van der Waals surface area contributed by atoms with Crippen LogP contribution >= 0.6 is 0 Å². The summed E-state index contributed by atoms with van der Waals surface area (Å²) in [4.78, 5) is 11.3. The van der Waals surface area contributed by atoms with Gasteiger partial charge in [0.1, 0.15) is 5.56 Å². The van der Waals surface area contributed by atoms with Crippen molar-refractivity contribution in [2.75, 3.05) is 18.4 Å². The number of aryl methyl sites for hydroxylation is 1. The zero-order valence-electron chi connectivity index (χ0n) is 14.8. The van der Waals surface area contributed by atoms with Crippen molar-refractivity contribution in [3.05, 3.63) is 41.7 Å². The molecule has 0 bridgehead atoms. The van der Waals surface area contributed by atoms with Crippen molar-refractivity contribution in [3.8, 4) is 11.3 Å². The molecule has 27 heavy (non-hydrogen) atoms. The van der Waals surface area contributed by atoms with Crippen molar-refractivity contribution < 1.29 is 13.2 Å². The van der Waals surface area contributed by atoms with Crippen LogP contribution in [0.2, 0.25) is 0 Å². The summed E-state index contributed by atoms with van der Waals surface area (Å²) in [6, 6.07) is 5.65. The zero-order valence-corrected chi connectivity index (χ0v) is 14.8. The molecule has 0 spiro atoms. The lowest BCUT2D eigenvalue weighted by Crippen LogP contribution is -2.38. The van der Waals surface area contributed by atoms with Crippen LogP contribution in [0.25, 0.3) is 22.2 Å². The van der Waals surface area contributed by atoms with Crippen LogP contribution in [-0.2, 0) is 6.18 Å². The van der Waals surface area contributed by atoms with Crippen molar-refractivity contribution in [1.82, 2.24) is 20.3 Å². The fourth-order valence-electron chi connectivity index (χ4n) is 3.52. The molecule has 3 heterocycles. The van der Waals surface area contributed by atoms with Crippen LogP contribution in [0.4, 0.5) is 19.1 Å². The second-order valence-electron chi connectivity index (χ2n) is 6.84. The first-order valence-corrected chi connectivity index (χ1v) is 8.92. The summed E-state index contributed by atoms with van der Waals surface area (Å²) in [5.74, 6) is 0.216. The highest BCUT2D eigenvalue weighted by Crippen LogP contribution is 2.39. The number of benzene rings is 1. The first-order valence-electron chi connectivity index (χ1n) is 8.92. The molecule has 1 atom stereocenters. The highest BCUT2D eigenvalue weighted by atomic mass is 19.4. The van der Waals surface area contributed by atoms with Gasteiger partial charge in [0.15, 0.2) is 0 Å². The fraction of sp³-hybridized carbons (Fsp3) is 0.368. The zero-order chi connectivity index (χ0) is 19.0. The summed E-state index contributed by atoms with van der Waals surface area (Å²) in [6.07, 6.45) is -0.143. The monoisotopic (exact) mass is 375 g/mol. The smallest absolute Gasteiger partial charge is 0.360 e. The standard InChI is InChI=1S/C19H20F3N5/c1-11-4-2-6-13-14(9-24-16(11)13)17-15(19(20,21)22)10-25-18(27-17)26-12-5-3-7-23-8-12/h2,4,6,9-10,12,23-24H,3,5,7-8H2,1H3,(H,25,26,27)/t12-/m0/s1. The third-order valence-corrected chi connectivity index (χ3v) is 4.90. The maximum atomic E-state index is 13.6. The van der Waals surface area contributed by atoms with Gasteiger partial charge in [0.25, 0.3) is 0 Å². The minimum atomic E-state index is -4.53. The van der Waals surface area contributed by atoms with E-state index in [4.69, 9.17) is 0 Å². The molecule has 1 aromatic carbocycles. The topological polar surface area (TPSA) is 65.6 Å². The van der Waals surface area contributed by atoms with Crippen molar-refractivity contribution in [2.45, 2.75) is 32.0 Å². The van der Waals surface area contributed by atoms with E-state index in [1.165, 1.54) is 0 Å². The molecule has 0 saturated carbocycles. The lowest BCUT2D eigenvalue weighted by molar-refractivity contribution is -0.137. The molecule has 5 nitrogen and oxygen atoms in total. The van der Waals surface area contributed by atoms with Gasteiger partial charge in [-0.1, -0.05) is 18.2 Å². The molecule has 2 aromatic heterocycles. The molecule has 0 radical (unpaired) electrons. The van der Waals surface area contributed by atoms with Gasteiger partial charge in [0.2, 0.25) is 5.95 Å². The SMILES string of the molecule is Cc1cccc2c(-c3nc(N[C@H]4CCCNC4)ncc3C(F)(F)F)c[nH]c12. The van der Waals surface area contributed by atoms with E-state index in [1.807, 2.05) is 19.1 Å². The number of H-pyrrole nitrogens is 1. The Bertz CT molecular complexity index is 958. The number of anilines is 1. The normalized spacial score (nSPS) is 18.0. The number of aromatic amines is 1. The van der Waals surface area contributed by atoms with E-state index in [0.717, 1.165) is 43.2 Å². The van der Waals surface area contributed by atoms with Crippen LogP contribution in [-0.4, -0.2) is 34.1 Å². The van der Waals surface area contributed by atoms with Crippen LogP contribution in [0.3, 0.4) is 0 Å². The lowest BCUT2D eigenvalue weighted by atomic mass is 10.0. The number of nitrogens with zero attached hydrogens (tertiary/aromatic N) is 2. The van der Waals surface area contributed by atoms with Gasteiger partial charge >= 0.3 is 6.18 Å². The van der Waals surface area contributed by atoms with Crippen molar-refractivity contribution >= 4 is 16.9 Å². The molecule has 1 saturated heterocycles. The molecular weight excluding hydrogens is 355 g/mol. The van der Waals surface area contributed by atoms with Gasteiger partial charge in [-0.05, 0) is 31.9 Å². The molecule has 142 valence electrons. The highest BCUT2D eigenvalue weighted by molar-refractivity contribution is 5.97. The Labute approximate surface area is 154 Å². The lowest BCUT2D eigenvalue weighted by Gasteiger charge is -2.24. The molecule has 1 aliphatic rings. The van der Waals surface area contributed by atoms with E-state index in [2.05, 4.69) is 25.6 Å². The molecule has 3 aromatic rings. The number of alkyl halides is 3. The summed E-state index contributed by atoms with van der Waals surface area (Å²) in [7, 11) is 0. The maximum absolute atomic E-state index is 13.6. The Morgan fingerprint density at radius 3 is 2.85 bits per heavy atom. The largest absolute Gasteiger partial charge is 0.419 e. The average Bonchev–Trinajstić information content (AvgIpc) is 3.07. The van der Waals surface area contributed by atoms with Crippen LogP contribution in [0.15, 0.2) is 30.6 Å². The number of hydrogen-bond acceptors (Lipinski definition) is 4. The second kappa shape index (κ2) is 6.84. The predicted molar refractivity (Wildman–Crippen MR) is 98.6 cm³/mol. The van der Waals surface area contributed by atoms with Crippen LogP contribution in [0.5, 0.6) is 0 Å². The van der Waals surface area contributed by atoms with E-state index in [0.29, 0.717) is 10.9 Å². The third kappa shape index (κ3) is 3.49. The number of para-hydroxylation sites is 1. The molecule has 0 aliphatic carbocycles. The maximum Gasteiger partial charge on any atom is 0.419 e. The number of nitrogens with one attached hydrogen (secondary N) is 3. The van der Waals surface area contributed by atoms with Gasteiger partial charge in [0.05, 0.1) is 5.69 Å². The molecule has 8 heteroatoms. The first-order chi connectivity index (χ1) is 12.9. The van der Waals surface area contributed by atoms with Gasteiger partial charge in [-0.3, -0.25) is 0 Å². The molecule has 1 fully saturated rings. The van der Waals surface area contributed by atoms with Crippen LogP contribution in [0.1, 0.15) is 24.0 Å². The Kier molecular flexibility index (Phi) is 4.51. The fourth-order valence-corrected chi connectivity index (χ4v) is 3.52. The van der Waals surface area contributed by atoms with Gasteiger partial charge in [-0.25, -0.2) is 9.97 Å². The summed E-state index contributed by atoms with van der Waals surface area (Å²) in [5.41, 5.74) is 1.25. The van der Waals surface area contributed by atoms with Crippen LogP contribution < -0.4 is 10.6 Å². The molecule has 1 aliphatic heterocycles. The minimum Gasteiger partial charge on any atom is -0.360 e. The quantitative estimate of drug-likeness (QED) is 0.644. The summed E-state index contributed by atoms with van der Waals surface area (Å²) >= 11 is 0. The number of rotatable bonds is 3. The van der Waals surface area contributed by atoms with Crippen LogP contribution in [0, 0.1) is 6.92 Å². The number of aromatic nitrogens is 3. The molecule has 3 N–H and O–H groups in total. The molecule has 0 amide bonds. The molecule has 4 rings (SSSR count).